The van der Waals surface area contributed by atoms with E-state index in [1.807, 2.05) is 4.90 Å². The lowest BCUT2D eigenvalue weighted by Crippen LogP contribution is -2.48. The quantitative estimate of drug-likeness (QED) is 0.803. The van der Waals surface area contributed by atoms with Crippen LogP contribution in [0.1, 0.15) is 25.7 Å². The average molecular weight is 389 g/mol. The number of aromatic nitrogens is 1. The van der Waals surface area contributed by atoms with Crippen LogP contribution in [0.2, 0.25) is 5.02 Å². The number of rotatable bonds is 4. The SMILES string of the molecule is C#CCN1CCC(C(=O)N2CCCC(C(=O)Nc3ccc(Cl)cn3)C2)CC1. The molecule has 1 aromatic rings. The van der Waals surface area contributed by atoms with E-state index in [2.05, 4.69) is 21.1 Å². The lowest BCUT2D eigenvalue weighted by Gasteiger charge is -2.37. The summed E-state index contributed by atoms with van der Waals surface area (Å²) in [5.74, 6) is 3.06. The molecule has 0 bridgehead atoms. The Kier molecular flexibility index (Phi) is 6.70. The molecule has 0 radical (unpaired) electrons. The van der Waals surface area contributed by atoms with Crippen molar-refractivity contribution in [3.8, 4) is 12.3 Å². The standard InChI is InChI=1S/C20H25ClN4O2/c1-2-9-24-11-7-15(8-12-24)20(27)25-10-3-4-16(14-25)19(26)23-18-6-5-17(21)13-22-18/h1,5-6,13,15-16H,3-4,7-12,14H2,(H,22,23,26). The molecular formula is C20H25ClN4O2. The molecule has 0 aromatic carbocycles. The van der Waals surface area contributed by atoms with Crippen molar-refractivity contribution in [1.82, 2.24) is 14.8 Å². The van der Waals surface area contributed by atoms with Crippen molar-refractivity contribution >= 4 is 29.2 Å². The van der Waals surface area contributed by atoms with Gasteiger partial charge in [-0.2, -0.15) is 0 Å². The molecule has 7 heteroatoms. The number of piperidine rings is 2. The molecule has 1 unspecified atom stereocenters. The fraction of sp³-hybridized carbons (Fsp3) is 0.550. The second-order valence-electron chi connectivity index (χ2n) is 7.23. The Balaban J connectivity index is 1.52. The molecule has 3 rings (SSSR count). The first-order valence-corrected chi connectivity index (χ1v) is 9.81. The van der Waals surface area contributed by atoms with E-state index in [9.17, 15) is 9.59 Å². The molecule has 0 saturated carbocycles. The Morgan fingerprint density at radius 2 is 2.00 bits per heavy atom. The fourth-order valence-electron chi connectivity index (χ4n) is 3.79. The lowest BCUT2D eigenvalue weighted by atomic mass is 9.92. The van der Waals surface area contributed by atoms with Crippen molar-refractivity contribution in [3.05, 3.63) is 23.4 Å². The summed E-state index contributed by atoms with van der Waals surface area (Å²) in [6.45, 7) is 3.57. The predicted octanol–water partition coefficient (Wildman–Crippen LogP) is 2.26. The van der Waals surface area contributed by atoms with E-state index in [-0.39, 0.29) is 23.7 Å². The average Bonchev–Trinajstić information content (AvgIpc) is 2.70. The fourth-order valence-corrected chi connectivity index (χ4v) is 3.91. The highest BCUT2D eigenvalue weighted by molar-refractivity contribution is 6.30. The first-order valence-electron chi connectivity index (χ1n) is 9.44. The Hall–Kier alpha value is -2.10. The molecule has 1 N–H and O–H groups in total. The van der Waals surface area contributed by atoms with Gasteiger partial charge in [-0.05, 0) is 50.9 Å². The number of pyridine rings is 1. The van der Waals surface area contributed by atoms with Crippen LogP contribution in [0.3, 0.4) is 0 Å². The monoisotopic (exact) mass is 388 g/mol. The van der Waals surface area contributed by atoms with Crippen molar-refractivity contribution in [3.63, 3.8) is 0 Å². The summed E-state index contributed by atoms with van der Waals surface area (Å²) in [6, 6.07) is 3.36. The summed E-state index contributed by atoms with van der Waals surface area (Å²) in [6.07, 6.45) is 10.2. The third-order valence-electron chi connectivity index (χ3n) is 5.33. The summed E-state index contributed by atoms with van der Waals surface area (Å²) >= 11 is 5.82. The zero-order valence-corrected chi connectivity index (χ0v) is 16.1. The Morgan fingerprint density at radius 1 is 1.22 bits per heavy atom. The van der Waals surface area contributed by atoms with E-state index in [0.29, 0.717) is 23.9 Å². The molecule has 144 valence electrons. The highest BCUT2D eigenvalue weighted by Crippen LogP contribution is 2.24. The predicted molar refractivity (Wildman–Crippen MR) is 105 cm³/mol. The van der Waals surface area contributed by atoms with Crippen LogP contribution in [0.4, 0.5) is 5.82 Å². The molecule has 2 saturated heterocycles. The van der Waals surface area contributed by atoms with Gasteiger partial charge in [-0.25, -0.2) is 4.98 Å². The van der Waals surface area contributed by atoms with Gasteiger partial charge in [0, 0.05) is 25.2 Å². The number of nitrogens with zero attached hydrogens (tertiary/aromatic N) is 3. The molecule has 0 spiro atoms. The van der Waals surface area contributed by atoms with Gasteiger partial charge >= 0.3 is 0 Å². The van der Waals surface area contributed by atoms with Crippen LogP contribution in [0.5, 0.6) is 0 Å². The van der Waals surface area contributed by atoms with Gasteiger partial charge in [0.05, 0.1) is 17.5 Å². The van der Waals surface area contributed by atoms with Gasteiger partial charge in [-0.1, -0.05) is 17.5 Å². The van der Waals surface area contributed by atoms with Gasteiger partial charge in [-0.15, -0.1) is 6.42 Å². The van der Waals surface area contributed by atoms with Crippen molar-refractivity contribution in [1.29, 1.82) is 0 Å². The maximum Gasteiger partial charge on any atom is 0.230 e. The summed E-state index contributed by atoms with van der Waals surface area (Å²) in [4.78, 5) is 33.6. The zero-order chi connectivity index (χ0) is 19.2. The smallest absolute Gasteiger partial charge is 0.230 e. The van der Waals surface area contributed by atoms with Crippen LogP contribution in [0, 0.1) is 24.2 Å². The summed E-state index contributed by atoms with van der Waals surface area (Å²) in [5.41, 5.74) is 0. The van der Waals surface area contributed by atoms with E-state index in [1.54, 1.807) is 12.1 Å². The summed E-state index contributed by atoms with van der Waals surface area (Å²) in [5, 5.41) is 3.35. The molecule has 6 nitrogen and oxygen atoms in total. The Morgan fingerprint density at radius 3 is 2.67 bits per heavy atom. The molecule has 1 atom stereocenters. The Labute approximate surface area is 165 Å². The van der Waals surface area contributed by atoms with Crippen molar-refractivity contribution in [2.24, 2.45) is 11.8 Å². The van der Waals surface area contributed by atoms with Gasteiger partial charge in [0.2, 0.25) is 11.8 Å². The first-order chi connectivity index (χ1) is 13.1. The maximum atomic E-state index is 12.9. The van der Waals surface area contributed by atoms with E-state index in [4.69, 9.17) is 18.0 Å². The molecular weight excluding hydrogens is 364 g/mol. The number of nitrogens with one attached hydrogen (secondary N) is 1. The maximum absolute atomic E-state index is 12.9. The molecule has 2 amide bonds. The number of anilines is 1. The molecule has 2 aliphatic rings. The molecule has 1 aromatic heterocycles. The van der Waals surface area contributed by atoms with E-state index >= 15 is 0 Å². The van der Waals surface area contributed by atoms with Crippen LogP contribution in [-0.2, 0) is 9.59 Å². The van der Waals surface area contributed by atoms with Gasteiger partial charge in [0.15, 0.2) is 0 Å². The summed E-state index contributed by atoms with van der Waals surface area (Å²) < 4.78 is 0. The minimum absolute atomic E-state index is 0.0405. The number of carbonyl (C=O) groups is 2. The lowest BCUT2D eigenvalue weighted by molar-refractivity contribution is -0.140. The highest BCUT2D eigenvalue weighted by Gasteiger charge is 2.33. The zero-order valence-electron chi connectivity index (χ0n) is 15.4. The van der Waals surface area contributed by atoms with Gasteiger partial charge < -0.3 is 10.2 Å². The third kappa shape index (κ3) is 5.21. The van der Waals surface area contributed by atoms with Gasteiger partial charge in [-0.3, -0.25) is 14.5 Å². The van der Waals surface area contributed by atoms with Crippen LogP contribution in [0.25, 0.3) is 0 Å². The number of likely N-dealkylation sites (tertiary alicyclic amines) is 2. The number of halogens is 1. The number of hydrogen-bond donors (Lipinski definition) is 1. The van der Waals surface area contributed by atoms with Crippen LogP contribution in [0.15, 0.2) is 18.3 Å². The van der Waals surface area contributed by atoms with Crippen LogP contribution in [-0.4, -0.2) is 59.3 Å². The molecule has 2 fully saturated rings. The number of carbonyl (C=O) groups excluding carboxylic acids is 2. The van der Waals surface area contributed by atoms with Crippen molar-refractivity contribution in [2.45, 2.75) is 25.7 Å². The van der Waals surface area contributed by atoms with Gasteiger partial charge in [0.1, 0.15) is 5.82 Å². The second-order valence-corrected chi connectivity index (χ2v) is 7.67. The molecule has 2 aliphatic heterocycles. The topological polar surface area (TPSA) is 65.5 Å². The molecule has 3 heterocycles. The van der Waals surface area contributed by atoms with Crippen LogP contribution < -0.4 is 5.32 Å². The van der Waals surface area contributed by atoms with Gasteiger partial charge in [0.25, 0.3) is 0 Å². The summed E-state index contributed by atoms with van der Waals surface area (Å²) in [7, 11) is 0. The minimum Gasteiger partial charge on any atom is -0.342 e. The normalized spacial score (nSPS) is 21.5. The highest BCUT2D eigenvalue weighted by atomic mass is 35.5. The largest absolute Gasteiger partial charge is 0.342 e. The number of terminal acetylenes is 1. The number of hydrogen-bond acceptors (Lipinski definition) is 4. The number of amides is 2. The molecule has 27 heavy (non-hydrogen) atoms. The van der Waals surface area contributed by atoms with E-state index in [0.717, 1.165) is 45.3 Å². The third-order valence-corrected chi connectivity index (χ3v) is 5.56. The van der Waals surface area contributed by atoms with Crippen LogP contribution >= 0.6 is 11.6 Å². The van der Waals surface area contributed by atoms with Crippen molar-refractivity contribution in [2.75, 3.05) is 38.0 Å². The second kappa shape index (κ2) is 9.20. The van der Waals surface area contributed by atoms with E-state index < -0.39 is 0 Å². The minimum atomic E-state index is -0.207. The van der Waals surface area contributed by atoms with Crippen molar-refractivity contribution < 1.29 is 9.59 Å². The Bertz CT molecular complexity index is 708. The molecule has 0 aliphatic carbocycles. The van der Waals surface area contributed by atoms with E-state index in [1.165, 1.54) is 6.20 Å². The first kappa shape index (κ1) is 19.7.